The largest absolute Gasteiger partial charge is 0.282 e. The maximum Gasteiger partial charge on any atom is 0.159 e. The first-order chi connectivity index (χ1) is 11.7. The van der Waals surface area contributed by atoms with E-state index in [4.69, 9.17) is 0 Å². The van der Waals surface area contributed by atoms with Gasteiger partial charge in [-0.15, -0.1) is 0 Å². The summed E-state index contributed by atoms with van der Waals surface area (Å²) < 4.78 is 26.6. The maximum atomic E-state index is 13.5. The van der Waals surface area contributed by atoms with Gasteiger partial charge >= 0.3 is 0 Å². The Hall–Kier alpha value is -2.52. The van der Waals surface area contributed by atoms with Gasteiger partial charge in [-0.25, -0.2) is 8.78 Å². The molecule has 0 bridgehead atoms. The van der Waals surface area contributed by atoms with Gasteiger partial charge in [0, 0.05) is 13.1 Å². The molecule has 0 spiro atoms. The Bertz CT molecular complexity index is 807. The molecule has 1 atom stereocenters. The fourth-order valence-corrected chi connectivity index (χ4v) is 3.43. The highest BCUT2D eigenvalue weighted by atomic mass is 19.2. The van der Waals surface area contributed by atoms with Crippen LogP contribution in [0, 0.1) is 11.6 Å². The molecule has 0 saturated carbocycles. The fraction of sp³-hybridized carbons (Fsp3) is 0.143. The molecule has 0 amide bonds. The minimum absolute atomic E-state index is 0.187. The lowest BCUT2D eigenvalue weighted by Gasteiger charge is -2.19. The molecule has 0 aliphatic carbocycles. The molecular formula is C21H17F2N. The Morgan fingerprint density at radius 3 is 1.88 bits per heavy atom. The van der Waals surface area contributed by atoms with Gasteiger partial charge in [0.1, 0.15) is 0 Å². The van der Waals surface area contributed by atoms with Crippen LogP contribution in [-0.2, 0) is 12.1 Å². The van der Waals surface area contributed by atoms with Crippen LogP contribution in [0.3, 0.4) is 0 Å². The first kappa shape index (κ1) is 15.0. The molecule has 4 rings (SSSR count). The molecule has 1 nitrogen and oxygen atoms in total. The minimum Gasteiger partial charge on any atom is -0.282 e. The van der Waals surface area contributed by atoms with Crippen LogP contribution in [0.4, 0.5) is 8.78 Å². The number of benzene rings is 3. The molecule has 0 aromatic heterocycles. The van der Waals surface area contributed by atoms with Crippen LogP contribution >= 0.6 is 0 Å². The zero-order valence-corrected chi connectivity index (χ0v) is 13.1. The third kappa shape index (κ3) is 2.51. The molecule has 24 heavy (non-hydrogen) atoms. The average molecular weight is 321 g/mol. The number of nitrogens with zero attached hydrogens (tertiary/aromatic N) is 1. The highest BCUT2D eigenvalue weighted by Crippen LogP contribution is 2.49. The van der Waals surface area contributed by atoms with E-state index in [-0.39, 0.29) is 5.54 Å². The van der Waals surface area contributed by atoms with E-state index in [0.29, 0.717) is 6.54 Å². The van der Waals surface area contributed by atoms with Crippen molar-refractivity contribution in [2.24, 2.45) is 0 Å². The normalized spacial score (nSPS) is 18.3. The standard InChI is InChI=1S/C21H17F2N/c22-19-12-11-16(13-20(19)23)14-24-15-21(24,17-7-3-1-4-8-17)18-9-5-2-6-10-18/h1-13H,14-15H2. The lowest BCUT2D eigenvalue weighted by Crippen LogP contribution is -2.18. The van der Waals surface area contributed by atoms with Gasteiger partial charge in [0.05, 0.1) is 5.54 Å². The third-order valence-electron chi connectivity index (χ3n) is 4.72. The second-order valence-corrected chi connectivity index (χ2v) is 6.20. The Labute approximate surface area is 140 Å². The lowest BCUT2D eigenvalue weighted by atomic mass is 9.91. The van der Waals surface area contributed by atoms with E-state index >= 15 is 0 Å². The summed E-state index contributed by atoms with van der Waals surface area (Å²) >= 11 is 0. The summed E-state index contributed by atoms with van der Waals surface area (Å²) in [6.45, 7) is 1.45. The van der Waals surface area contributed by atoms with Gasteiger partial charge in [-0.3, -0.25) is 4.90 Å². The van der Waals surface area contributed by atoms with Gasteiger partial charge < -0.3 is 0 Å². The zero-order valence-electron chi connectivity index (χ0n) is 13.1. The topological polar surface area (TPSA) is 3.01 Å². The molecule has 3 heteroatoms. The first-order valence-electron chi connectivity index (χ1n) is 8.00. The van der Waals surface area contributed by atoms with Crippen molar-refractivity contribution in [1.29, 1.82) is 0 Å². The van der Waals surface area contributed by atoms with Crippen LogP contribution in [0.5, 0.6) is 0 Å². The molecule has 0 radical (unpaired) electrons. The molecule has 3 aromatic carbocycles. The van der Waals surface area contributed by atoms with E-state index < -0.39 is 11.6 Å². The molecule has 1 saturated heterocycles. The maximum absolute atomic E-state index is 13.5. The summed E-state index contributed by atoms with van der Waals surface area (Å²) in [6.07, 6.45) is 0. The molecule has 3 aromatic rings. The predicted octanol–water partition coefficient (Wildman–Crippen LogP) is 4.72. The summed E-state index contributed by atoms with van der Waals surface area (Å²) in [5, 5.41) is 0. The second-order valence-electron chi connectivity index (χ2n) is 6.20. The first-order valence-corrected chi connectivity index (χ1v) is 8.00. The summed E-state index contributed by atoms with van der Waals surface area (Å²) in [4.78, 5) is 2.28. The summed E-state index contributed by atoms with van der Waals surface area (Å²) in [7, 11) is 0. The van der Waals surface area contributed by atoms with Crippen molar-refractivity contribution in [3.63, 3.8) is 0 Å². The molecule has 120 valence electrons. The van der Waals surface area contributed by atoms with E-state index in [0.717, 1.165) is 12.1 Å². The van der Waals surface area contributed by atoms with Gasteiger partial charge in [0.15, 0.2) is 11.6 Å². The predicted molar refractivity (Wildman–Crippen MR) is 90.4 cm³/mol. The van der Waals surface area contributed by atoms with E-state index in [9.17, 15) is 8.78 Å². The molecule has 1 aliphatic rings. The van der Waals surface area contributed by atoms with Crippen molar-refractivity contribution < 1.29 is 8.78 Å². The summed E-state index contributed by atoms with van der Waals surface area (Å²) in [6, 6.07) is 24.8. The van der Waals surface area contributed by atoms with Crippen molar-refractivity contribution >= 4 is 0 Å². The SMILES string of the molecule is Fc1ccc(CN2CC2(c2ccccc2)c2ccccc2)cc1F. The second kappa shape index (κ2) is 5.84. The Morgan fingerprint density at radius 1 is 0.750 bits per heavy atom. The zero-order chi connectivity index (χ0) is 16.6. The smallest absolute Gasteiger partial charge is 0.159 e. The van der Waals surface area contributed by atoms with Crippen LogP contribution in [0.1, 0.15) is 16.7 Å². The van der Waals surface area contributed by atoms with Crippen molar-refractivity contribution in [3.05, 3.63) is 107 Å². The van der Waals surface area contributed by atoms with Crippen LogP contribution in [0.15, 0.2) is 78.9 Å². The number of hydrogen-bond acceptors (Lipinski definition) is 1. The van der Waals surface area contributed by atoms with Crippen LogP contribution in [0.25, 0.3) is 0 Å². The molecule has 1 heterocycles. The van der Waals surface area contributed by atoms with Crippen LogP contribution < -0.4 is 0 Å². The highest BCUT2D eigenvalue weighted by molar-refractivity contribution is 5.45. The van der Waals surface area contributed by atoms with Crippen LogP contribution in [0.2, 0.25) is 0 Å². The molecule has 1 aliphatic heterocycles. The summed E-state index contributed by atoms with van der Waals surface area (Å²) in [5.41, 5.74) is 3.04. The van der Waals surface area contributed by atoms with Gasteiger partial charge in [-0.2, -0.15) is 0 Å². The highest BCUT2D eigenvalue weighted by Gasteiger charge is 2.54. The van der Waals surface area contributed by atoms with E-state index in [1.165, 1.54) is 23.3 Å². The third-order valence-corrected chi connectivity index (χ3v) is 4.72. The van der Waals surface area contributed by atoms with E-state index in [1.54, 1.807) is 6.07 Å². The lowest BCUT2D eigenvalue weighted by molar-refractivity contribution is 0.444. The monoisotopic (exact) mass is 321 g/mol. The Morgan fingerprint density at radius 2 is 1.33 bits per heavy atom. The molecule has 1 unspecified atom stereocenters. The number of hydrogen-bond donors (Lipinski definition) is 0. The number of halogens is 2. The van der Waals surface area contributed by atoms with Gasteiger partial charge in [0.2, 0.25) is 0 Å². The average Bonchev–Trinajstić information content (AvgIpc) is 3.35. The van der Waals surface area contributed by atoms with Crippen molar-refractivity contribution in [2.45, 2.75) is 12.1 Å². The molecule has 1 fully saturated rings. The molecular weight excluding hydrogens is 304 g/mol. The van der Waals surface area contributed by atoms with Crippen molar-refractivity contribution in [1.82, 2.24) is 4.90 Å². The van der Waals surface area contributed by atoms with Gasteiger partial charge in [-0.1, -0.05) is 66.7 Å². The van der Waals surface area contributed by atoms with Gasteiger partial charge in [0.25, 0.3) is 0 Å². The Balaban J connectivity index is 1.68. The van der Waals surface area contributed by atoms with Crippen LogP contribution in [-0.4, -0.2) is 11.4 Å². The van der Waals surface area contributed by atoms with E-state index in [1.807, 2.05) is 36.4 Å². The Kier molecular flexibility index (Phi) is 3.66. The van der Waals surface area contributed by atoms with Crippen molar-refractivity contribution in [3.8, 4) is 0 Å². The summed E-state index contributed by atoms with van der Waals surface area (Å²) in [5.74, 6) is -1.60. The van der Waals surface area contributed by atoms with E-state index in [2.05, 4.69) is 29.2 Å². The number of rotatable bonds is 4. The quantitative estimate of drug-likeness (QED) is 0.628. The molecule has 0 N–H and O–H groups in total. The van der Waals surface area contributed by atoms with Gasteiger partial charge in [-0.05, 0) is 28.8 Å². The van der Waals surface area contributed by atoms with Crippen molar-refractivity contribution in [2.75, 3.05) is 6.54 Å². The minimum atomic E-state index is -0.804. The fourth-order valence-electron chi connectivity index (χ4n) is 3.43.